The van der Waals surface area contributed by atoms with Crippen molar-refractivity contribution >= 4 is 5.97 Å². The van der Waals surface area contributed by atoms with Gasteiger partial charge in [0.05, 0.1) is 12.2 Å². The second-order valence-electron chi connectivity index (χ2n) is 7.17. The summed E-state index contributed by atoms with van der Waals surface area (Å²) >= 11 is 0. The second-order valence-corrected chi connectivity index (χ2v) is 7.17. The lowest BCUT2D eigenvalue weighted by atomic mass is 9.99. The number of hydrogen-bond donors (Lipinski definition) is 0. The molecule has 0 aliphatic carbocycles. The van der Waals surface area contributed by atoms with Crippen LogP contribution >= 0.6 is 0 Å². The molecular formula is C24H32O3. The minimum atomic E-state index is -0.333. The Morgan fingerprint density at radius 3 is 2.22 bits per heavy atom. The Kier molecular flexibility index (Phi) is 8.90. The van der Waals surface area contributed by atoms with E-state index < -0.39 is 0 Å². The van der Waals surface area contributed by atoms with Crippen LogP contribution in [0.1, 0.15) is 68.8 Å². The Balaban J connectivity index is 1.83. The Morgan fingerprint density at radius 2 is 1.59 bits per heavy atom. The molecule has 0 saturated heterocycles. The van der Waals surface area contributed by atoms with Gasteiger partial charge < -0.3 is 9.47 Å². The molecule has 0 heterocycles. The molecule has 2 aromatic rings. The number of benzene rings is 2. The zero-order chi connectivity index (χ0) is 19.5. The molecule has 0 N–H and O–H groups in total. The van der Waals surface area contributed by atoms with Crippen molar-refractivity contribution in [2.75, 3.05) is 6.61 Å². The van der Waals surface area contributed by atoms with E-state index >= 15 is 0 Å². The van der Waals surface area contributed by atoms with Crippen molar-refractivity contribution in [1.29, 1.82) is 0 Å². The van der Waals surface area contributed by atoms with Gasteiger partial charge in [0.1, 0.15) is 11.5 Å². The van der Waals surface area contributed by atoms with E-state index in [1.54, 1.807) is 12.1 Å². The molecule has 3 heteroatoms. The molecule has 0 saturated carbocycles. The predicted octanol–water partition coefficient (Wildman–Crippen LogP) is 6.45. The van der Waals surface area contributed by atoms with Crippen molar-refractivity contribution in [1.82, 2.24) is 0 Å². The average molecular weight is 369 g/mol. The summed E-state index contributed by atoms with van der Waals surface area (Å²) in [5.74, 6) is 1.77. The van der Waals surface area contributed by atoms with Crippen LogP contribution in [0.5, 0.6) is 11.5 Å². The van der Waals surface area contributed by atoms with Gasteiger partial charge in [-0.15, -0.1) is 0 Å². The molecule has 1 unspecified atom stereocenters. The van der Waals surface area contributed by atoms with Crippen molar-refractivity contribution < 1.29 is 14.3 Å². The van der Waals surface area contributed by atoms with E-state index in [-0.39, 0.29) is 5.97 Å². The summed E-state index contributed by atoms with van der Waals surface area (Å²) in [6.07, 6.45) is 6.86. The summed E-state index contributed by atoms with van der Waals surface area (Å²) in [7, 11) is 0. The molecule has 1 atom stereocenters. The first-order valence-corrected chi connectivity index (χ1v) is 10.2. The predicted molar refractivity (Wildman–Crippen MR) is 111 cm³/mol. The molecule has 0 fully saturated rings. The van der Waals surface area contributed by atoms with E-state index in [0.717, 1.165) is 30.9 Å². The lowest BCUT2D eigenvalue weighted by Crippen LogP contribution is -2.08. The first kappa shape index (κ1) is 21.0. The molecular weight excluding hydrogens is 336 g/mol. The quantitative estimate of drug-likeness (QED) is 0.260. The highest BCUT2D eigenvalue weighted by Crippen LogP contribution is 2.19. The molecule has 0 bridgehead atoms. The maximum Gasteiger partial charge on any atom is 0.343 e. The number of carbonyl (C=O) groups is 1. The maximum absolute atomic E-state index is 12.3. The summed E-state index contributed by atoms with van der Waals surface area (Å²) in [5, 5.41) is 0. The van der Waals surface area contributed by atoms with E-state index in [4.69, 9.17) is 9.47 Å². The maximum atomic E-state index is 12.3. The van der Waals surface area contributed by atoms with E-state index in [1.807, 2.05) is 36.4 Å². The highest BCUT2D eigenvalue weighted by atomic mass is 16.5. The van der Waals surface area contributed by atoms with Gasteiger partial charge in [-0.2, -0.15) is 0 Å². The third-order valence-electron chi connectivity index (χ3n) is 4.85. The van der Waals surface area contributed by atoms with Crippen LogP contribution in [0.25, 0.3) is 0 Å². The Bertz CT molecular complexity index is 674. The number of aryl methyl sites for hydroxylation is 1. The van der Waals surface area contributed by atoms with E-state index in [9.17, 15) is 4.79 Å². The summed E-state index contributed by atoms with van der Waals surface area (Å²) in [4.78, 5) is 12.3. The Morgan fingerprint density at radius 1 is 0.926 bits per heavy atom. The molecule has 146 valence electrons. The molecule has 0 aliphatic heterocycles. The number of carbonyl (C=O) groups excluding carboxylic acids is 1. The molecule has 0 amide bonds. The molecule has 3 nitrogen and oxygen atoms in total. The average Bonchev–Trinajstić information content (AvgIpc) is 2.70. The Labute approximate surface area is 163 Å². The van der Waals surface area contributed by atoms with Crippen molar-refractivity contribution in [3.8, 4) is 11.5 Å². The zero-order valence-electron chi connectivity index (χ0n) is 16.9. The number of rotatable bonds is 11. The summed E-state index contributed by atoms with van der Waals surface area (Å²) in [5.41, 5.74) is 1.84. The van der Waals surface area contributed by atoms with Crippen LogP contribution in [-0.2, 0) is 6.42 Å². The van der Waals surface area contributed by atoms with Crippen LogP contribution in [-0.4, -0.2) is 12.6 Å². The normalized spacial score (nSPS) is 11.8. The van der Waals surface area contributed by atoms with Gasteiger partial charge in [0.25, 0.3) is 0 Å². The highest BCUT2D eigenvalue weighted by Gasteiger charge is 2.09. The number of hydrogen-bond acceptors (Lipinski definition) is 3. The van der Waals surface area contributed by atoms with Crippen LogP contribution in [0.2, 0.25) is 0 Å². The van der Waals surface area contributed by atoms with Crippen molar-refractivity contribution in [2.24, 2.45) is 5.92 Å². The standard InChI is InChI=1S/C24H32O3/c1-4-6-18-26-22-14-16-23(17-15-22)27-24(25)21-12-10-20(11-13-21)9-7-8-19(3)5-2/h10-17,19H,4-9,18H2,1-3H3. The van der Waals surface area contributed by atoms with Gasteiger partial charge in [-0.1, -0.05) is 52.2 Å². The molecule has 2 aromatic carbocycles. The summed E-state index contributed by atoms with van der Waals surface area (Å²) in [6.45, 7) is 7.37. The summed E-state index contributed by atoms with van der Waals surface area (Å²) in [6, 6.07) is 14.9. The monoisotopic (exact) mass is 368 g/mol. The molecule has 0 aromatic heterocycles. The minimum absolute atomic E-state index is 0.333. The van der Waals surface area contributed by atoms with Gasteiger partial charge in [-0.3, -0.25) is 0 Å². The van der Waals surface area contributed by atoms with Crippen molar-refractivity contribution in [3.05, 3.63) is 59.7 Å². The van der Waals surface area contributed by atoms with Gasteiger partial charge in [0.2, 0.25) is 0 Å². The molecule has 27 heavy (non-hydrogen) atoms. The molecule has 0 spiro atoms. The SMILES string of the molecule is CCCCOc1ccc(OC(=O)c2ccc(CCCC(C)CC)cc2)cc1. The van der Waals surface area contributed by atoms with Crippen LogP contribution in [0.15, 0.2) is 48.5 Å². The van der Waals surface area contributed by atoms with Gasteiger partial charge in [-0.25, -0.2) is 4.79 Å². The first-order chi connectivity index (χ1) is 13.1. The fourth-order valence-electron chi connectivity index (χ4n) is 2.77. The number of esters is 1. The number of ether oxygens (including phenoxy) is 2. The topological polar surface area (TPSA) is 35.5 Å². The van der Waals surface area contributed by atoms with Gasteiger partial charge in [0, 0.05) is 0 Å². The second kappa shape index (κ2) is 11.4. The largest absolute Gasteiger partial charge is 0.494 e. The fraction of sp³-hybridized carbons (Fsp3) is 0.458. The van der Waals surface area contributed by atoms with Crippen molar-refractivity contribution in [2.45, 2.75) is 59.3 Å². The zero-order valence-corrected chi connectivity index (χ0v) is 16.9. The first-order valence-electron chi connectivity index (χ1n) is 10.2. The minimum Gasteiger partial charge on any atom is -0.494 e. The van der Waals surface area contributed by atoms with E-state index in [1.165, 1.54) is 24.8 Å². The third kappa shape index (κ3) is 7.46. The van der Waals surface area contributed by atoms with Gasteiger partial charge in [0.15, 0.2) is 0 Å². The lowest BCUT2D eigenvalue weighted by Gasteiger charge is -2.09. The summed E-state index contributed by atoms with van der Waals surface area (Å²) < 4.78 is 11.1. The molecule has 2 rings (SSSR count). The van der Waals surface area contributed by atoms with Crippen LogP contribution in [0.4, 0.5) is 0 Å². The highest BCUT2D eigenvalue weighted by molar-refractivity contribution is 5.91. The van der Waals surface area contributed by atoms with Gasteiger partial charge >= 0.3 is 5.97 Å². The van der Waals surface area contributed by atoms with Crippen LogP contribution in [0, 0.1) is 5.92 Å². The number of unbranched alkanes of at least 4 members (excludes halogenated alkanes) is 1. The van der Waals surface area contributed by atoms with Crippen LogP contribution in [0.3, 0.4) is 0 Å². The third-order valence-corrected chi connectivity index (χ3v) is 4.85. The van der Waals surface area contributed by atoms with E-state index in [2.05, 4.69) is 20.8 Å². The smallest absolute Gasteiger partial charge is 0.343 e. The fourth-order valence-corrected chi connectivity index (χ4v) is 2.77. The van der Waals surface area contributed by atoms with Gasteiger partial charge in [-0.05, 0) is 67.1 Å². The molecule has 0 radical (unpaired) electrons. The molecule has 0 aliphatic rings. The van der Waals surface area contributed by atoms with E-state index in [0.29, 0.717) is 17.9 Å². The lowest BCUT2D eigenvalue weighted by molar-refractivity contribution is 0.0734. The Hall–Kier alpha value is -2.29. The van der Waals surface area contributed by atoms with Crippen molar-refractivity contribution in [3.63, 3.8) is 0 Å². The van der Waals surface area contributed by atoms with Crippen LogP contribution < -0.4 is 9.47 Å².